The highest BCUT2D eigenvalue weighted by Crippen LogP contribution is 2.31. The first-order valence-corrected chi connectivity index (χ1v) is 6.84. The summed E-state index contributed by atoms with van der Waals surface area (Å²) >= 11 is 1.71. The van der Waals surface area contributed by atoms with Crippen LogP contribution in [-0.4, -0.2) is 29.3 Å². The maximum Gasteiger partial charge on any atom is 0.186 e. The third-order valence-corrected chi connectivity index (χ3v) is 4.57. The van der Waals surface area contributed by atoms with E-state index in [-0.39, 0.29) is 6.10 Å². The minimum Gasteiger partial charge on any atom is -0.391 e. The normalized spacial score (nSPS) is 25.4. The predicted octanol–water partition coefficient (Wildman–Crippen LogP) is 2.50. The molecule has 1 N–H and O–H groups in total. The van der Waals surface area contributed by atoms with Gasteiger partial charge in [-0.1, -0.05) is 30.4 Å². The molecule has 0 bridgehead atoms. The number of β-amino-alcohol motifs (C(OH)–C–C–N with tert-alkyl or cyclic N) is 1. The van der Waals surface area contributed by atoms with Gasteiger partial charge >= 0.3 is 0 Å². The van der Waals surface area contributed by atoms with Crippen LogP contribution >= 0.6 is 11.3 Å². The number of piperidine rings is 1. The second-order valence-corrected chi connectivity index (χ2v) is 5.75. The van der Waals surface area contributed by atoms with E-state index in [0.717, 1.165) is 23.6 Å². The van der Waals surface area contributed by atoms with Gasteiger partial charge in [-0.05, 0) is 24.5 Å². The van der Waals surface area contributed by atoms with E-state index in [1.54, 1.807) is 11.3 Å². The van der Waals surface area contributed by atoms with Crippen molar-refractivity contribution in [3.63, 3.8) is 0 Å². The number of fused-ring (bicyclic) bond motifs is 1. The number of anilines is 1. The summed E-state index contributed by atoms with van der Waals surface area (Å²) in [5, 5.41) is 11.0. The lowest BCUT2D eigenvalue weighted by atomic mass is 9.96. The van der Waals surface area contributed by atoms with Crippen molar-refractivity contribution in [2.75, 3.05) is 18.0 Å². The van der Waals surface area contributed by atoms with E-state index in [1.807, 2.05) is 18.2 Å². The Morgan fingerprint density at radius 1 is 1.41 bits per heavy atom. The van der Waals surface area contributed by atoms with E-state index in [1.165, 1.54) is 4.70 Å². The molecule has 2 atom stereocenters. The summed E-state index contributed by atoms with van der Waals surface area (Å²) in [5.41, 5.74) is 1.06. The van der Waals surface area contributed by atoms with Crippen molar-refractivity contribution in [2.45, 2.75) is 19.4 Å². The van der Waals surface area contributed by atoms with Gasteiger partial charge in [0.1, 0.15) is 0 Å². The fraction of sp³-hybridized carbons (Fsp3) is 0.462. The molecule has 2 unspecified atom stereocenters. The molecule has 3 nitrogen and oxygen atoms in total. The second-order valence-electron chi connectivity index (χ2n) is 4.74. The molecule has 1 aliphatic rings. The van der Waals surface area contributed by atoms with Crippen LogP contribution in [0.5, 0.6) is 0 Å². The SMILES string of the molecule is CC1CCN(c2nc3ccccc3s2)CC1O. The number of thiazole rings is 1. The monoisotopic (exact) mass is 248 g/mol. The largest absolute Gasteiger partial charge is 0.391 e. The molecule has 1 saturated heterocycles. The Morgan fingerprint density at radius 3 is 3.00 bits per heavy atom. The van der Waals surface area contributed by atoms with Crippen LogP contribution in [0.2, 0.25) is 0 Å². The van der Waals surface area contributed by atoms with E-state index >= 15 is 0 Å². The minimum absolute atomic E-state index is 0.226. The Bertz CT molecular complexity index is 492. The first kappa shape index (κ1) is 11.0. The van der Waals surface area contributed by atoms with Gasteiger partial charge in [0.15, 0.2) is 5.13 Å². The van der Waals surface area contributed by atoms with Gasteiger partial charge in [-0.15, -0.1) is 0 Å². The summed E-state index contributed by atoms with van der Waals surface area (Å²) in [6.07, 6.45) is 0.813. The maximum atomic E-state index is 9.92. The van der Waals surface area contributed by atoms with Gasteiger partial charge in [0.05, 0.1) is 16.3 Å². The Hall–Kier alpha value is -1.13. The van der Waals surface area contributed by atoms with Crippen LogP contribution in [0.25, 0.3) is 10.2 Å². The van der Waals surface area contributed by atoms with Crippen molar-refractivity contribution in [2.24, 2.45) is 5.92 Å². The topological polar surface area (TPSA) is 36.4 Å². The molecule has 1 aliphatic heterocycles. The van der Waals surface area contributed by atoms with Crippen LogP contribution in [0.4, 0.5) is 5.13 Å². The fourth-order valence-corrected chi connectivity index (χ4v) is 3.22. The van der Waals surface area contributed by atoms with Gasteiger partial charge in [-0.2, -0.15) is 0 Å². The summed E-state index contributed by atoms with van der Waals surface area (Å²) in [7, 11) is 0. The summed E-state index contributed by atoms with van der Waals surface area (Å²) in [6.45, 7) is 3.82. The Balaban J connectivity index is 1.88. The average Bonchev–Trinajstić information content (AvgIpc) is 2.76. The average molecular weight is 248 g/mol. The predicted molar refractivity (Wildman–Crippen MR) is 71.6 cm³/mol. The van der Waals surface area contributed by atoms with Crippen LogP contribution in [0.1, 0.15) is 13.3 Å². The van der Waals surface area contributed by atoms with Crippen molar-refractivity contribution < 1.29 is 5.11 Å². The smallest absolute Gasteiger partial charge is 0.186 e. The summed E-state index contributed by atoms with van der Waals surface area (Å²) in [5.74, 6) is 0.403. The van der Waals surface area contributed by atoms with E-state index in [4.69, 9.17) is 0 Å². The molecule has 0 aliphatic carbocycles. The highest BCUT2D eigenvalue weighted by Gasteiger charge is 2.25. The summed E-state index contributed by atoms with van der Waals surface area (Å²) in [4.78, 5) is 6.83. The highest BCUT2D eigenvalue weighted by atomic mass is 32.1. The first-order chi connectivity index (χ1) is 8.24. The summed E-state index contributed by atoms with van der Waals surface area (Å²) < 4.78 is 1.22. The van der Waals surface area contributed by atoms with Crippen LogP contribution in [0.3, 0.4) is 0 Å². The number of hydrogen-bond acceptors (Lipinski definition) is 4. The molecule has 17 heavy (non-hydrogen) atoms. The molecule has 90 valence electrons. The maximum absolute atomic E-state index is 9.92. The number of hydrogen-bond donors (Lipinski definition) is 1. The zero-order valence-corrected chi connectivity index (χ0v) is 10.7. The number of para-hydroxylation sites is 1. The third-order valence-electron chi connectivity index (χ3n) is 3.47. The molecule has 4 heteroatoms. The van der Waals surface area contributed by atoms with Gasteiger partial charge in [0.2, 0.25) is 0 Å². The molecular formula is C13H16N2OS. The van der Waals surface area contributed by atoms with Crippen LogP contribution < -0.4 is 4.90 Å². The van der Waals surface area contributed by atoms with Gasteiger partial charge in [0, 0.05) is 13.1 Å². The number of aromatic nitrogens is 1. The van der Waals surface area contributed by atoms with E-state index in [2.05, 4.69) is 22.9 Å². The Morgan fingerprint density at radius 2 is 2.24 bits per heavy atom. The molecule has 0 radical (unpaired) electrons. The lowest BCUT2D eigenvalue weighted by molar-refractivity contribution is 0.103. The van der Waals surface area contributed by atoms with E-state index < -0.39 is 0 Å². The molecule has 0 amide bonds. The van der Waals surface area contributed by atoms with Crippen molar-refractivity contribution in [1.82, 2.24) is 4.98 Å². The Labute approximate surface area is 105 Å². The first-order valence-electron chi connectivity index (χ1n) is 6.02. The number of aliphatic hydroxyl groups is 1. The number of aliphatic hydroxyl groups excluding tert-OH is 1. The van der Waals surface area contributed by atoms with Gasteiger partial charge < -0.3 is 10.0 Å². The molecule has 2 heterocycles. The van der Waals surface area contributed by atoms with E-state index in [0.29, 0.717) is 12.5 Å². The van der Waals surface area contributed by atoms with Crippen LogP contribution in [0.15, 0.2) is 24.3 Å². The van der Waals surface area contributed by atoms with Gasteiger partial charge in [0.25, 0.3) is 0 Å². The fourth-order valence-electron chi connectivity index (χ4n) is 2.22. The van der Waals surface area contributed by atoms with Gasteiger partial charge in [-0.3, -0.25) is 0 Å². The zero-order valence-electron chi connectivity index (χ0n) is 9.84. The minimum atomic E-state index is -0.226. The van der Waals surface area contributed by atoms with Gasteiger partial charge in [-0.25, -0.2) is 4.98 Å². The van der Waals surface area contributed by atoms with E-state index in [9.17, 15) is 5.11 Å². The van der Waals surface area contributed by atoms with Crippen molar-refractivity contribution in [3.8, 4) is 0 Å². The second kappa shape index (κ2) is 4.27. The van der Waals surface area contributed by atoms with Crippen molar-refractivity contribution in [1.29, 1.82) is 0 Å². The highest BCUT2D eigenvalue weighted by molar-refractivity contribution is 7.22. The number of rotatable bonds is 1. The molecule has 0 spiro atoms. The molecule has 2 aromatic rings. The lowest BCUT2D eigenvalue weighted by Crippen LogP contribution is -2.42. The molecule has 3 rings (SSSR count). The van der Waals surface area contributed by atoms with Crippen molar-refractivity contribution in [3.05, 3.63) is 24.3 Å². The molecule has 1 aromatic heterocycles. The third kappa shape index (κ3) is 2.03. The number of nitrogens with zero attached hydrogens (tertiary/aromatic N) is 2. The Kier molecular flexibility index (Phi) is 2.76. The molecule has 1 aromatic carbocycles. The quantitative estimate of drug-likeness (QED) is 0.842. The zero-order chi connectivity index (χ0) is 11.8. The van der Waals surface area contributed by atoms with Crippen LogP contribution in [0, 0.1) is 5.92 Å². The van der Waals surface area contributed by atoms with Crippen molar-refractivity contribution >= 4 is 26.7 Å². The molecular weight excluding hydrogens is 232 g/mol. The molecule has 0 saturated carbocycles. The standard InChI is InChI=1S/C13H16N2OS/c1-9-6-7-15(8-11(9)16)13-14-10-4-2-3-5-12(10)17-13/h2-5,9,11,16H,6-8H2,1H3. The number of benzene rings is 1. The molecule has 1 fully saturated rings. The van der Waals surface area contributed by atoms with Crippen LogP contribution in [-0.2, 0) is 0 Å². The summed E-state index contributed by atoms with van der Waals surface area (Å²) in [6, 6.07) is 8.19. The lowest BCUT2D eigenvalue weighted by Gasteiger charge is -2.33.